The van der Waals surface area contributed by atoms with Crippen molar-refractivity contribution >= 4 is 11.7 Å². The molecule has 1 aromatic carbocycles. The summed E-state index contributed by atoms with van der Waals surface area (Å²) in [7, 11) is 0. The van der Waals surface area contributed by atoms with E-state index < -0.39 is 0 Å². The molecule has 1 saturated heterocycles. The van der Waals surface area contributed by atoms with E-state index in [0.29, 0.717) is 5.89 Å². The average Bonchev–Trinajstić information content (AvgIpc) is 3.37. The summed E-state index contributed by atoms with van der Waals surface area (Å²) >= 11 is 0. The predicted octanol–water partition coefficient (Wildman–Crippen LogP) is 4.13. The number of oxazole rings is 1. The van der Waals surface area contributed by atoms with Crippen molar-refractivity contribution in [1.29, 1.82) is 0 Å². The van der Waals surface area contributed by atoms with Gasteiger partial charge < -0.3 is 14.6 Å². The first-order valence-electron chi connectivity index (χ1n) is 8.80. The number of nitrogens with zero attached hydrogens (tertiary/aromatic N) is 3. The van der Waals surface area contributed by atoms with Crippen LogP contribution in [0.1, 0.15) is 36.6 Å². The van der Waals surface area contributed by atoms with E-state index in [9.17, 15) is 4.79 Å². The number of urea groups is 1. The second kappa shape index (κ2) is 7.03. The van der Waals surface area contributed by atoms with Crippen molar-refractivity contribution in [2.24, 2.45) is 0 Å². The van der Waals surface area contributed by atoms with Gasteiger partial charge >= 0.3 is 6.03 Å². The lowest BCUT2D eigenvalue weighted by Gasteiger charge is -2.35. The molecule has 1 unspecified atom stereocenters. The molecule has 1 fully saturated rings. The Balaban J connectivity index is 1.57. The third-order valence-electron chi connectivity index (χ3n) is 4.88. The molecule has 2 amide bonds. The number of likely N-dealkylation sites (tertiary alicyclic amines) is 1. The first-order chi connectivity index (χ1) is 12.7. The van der Waals surface area contributed by atoms with Gasteiger partial charge in [-0.05, 0) is 49.9 Å². The average molecular weight is 351 g/mol. The molecule has 7 heteroatoms. The first-order valence-corrected chi connectivity index (χ1v) is 8.80. The van der Waals surface area contributed by atoms with Gasteiger partial charge in [-0.2, -0.15) is 5.10 Å². The molecule has 134 valence electrons. The Bertz CT molecular complexity index is 873. The molecule has 2 N–H and O–H groups in total. The van der Waals surface area contributed by atoms with Gasteiger partial charge in [0.15, 0.2) is 0 Å². The molecule has 3 aromatic rings. The van der Waals surface area contributed by atoms with Crippen LogP contribution < -0.4 is 5.32 Å². The molecule has 1 aliphatic rings. The predicted molar refractivity (Wildman–Crippen MR) is 97.6 cm³/mol. The zero-order valence-electron chi connectivity index (χ0n) is 14.6. The summed E-state index contributed by atoms with van der Waals surface area (Å²) in [6.45, 7) is 2.69. The van der Waals surface area contributed by atoms with Crippen LogP contribution >= 0.6 is 0 Å². The van der Waals surface area contributed by atoms with Crippen LogP contribution in [0.2, 0.25) is 0 Å². The second-order valence-corrected chi connectivity index (χ2v) is 6.46. The SMILES string of the molecule is Cc1c(NC(=O)N2CCCCC2c2ccn[nH]2)cccc1-c1ncco1. The van der Waals surface area contributed by atoms with Gasteiger partial charge in [-0.3, -0.25) is 5.10 Å². The quantitative estimate of drug-likeness (QED) is 0.743. The van der Waals surface area contributed by atoms with Crippen LogP contribution in [-0.4, -0.2) is 32.7 Å². The van der Waals surface area contributed by atoms with Crippen LogP contribution in [0.5, 0.6) is 0 Å². The highest BCUT2D eigenvalue weighted by Crippen LogP contribution is 2.31. The molecule has 1 atom stereocenters. The van der Waals surface area contributed by atoms with Crippen LogP contribution in [0.3, 0.4) is 0 Å². The maximum atomic E-state index is 13.0. The number of benzene rings is 1. The largest absolute Gasteiger partial charge is 0.445 e. The molecule has 4 rings (SSSR count). The number of rotatable bonds is 3. The number of hydrogen-bond acceptors (Lipinski definition) is 4. The van der Waals surface area contributed by atoms with Crippen LogP contribution in [0.4, 0.5) is 10.5 Å². The number of hydrogen-bond donors (Lipinski definition) is 2. The van der Waals surface area contributed by atoms with Gasteiger partial charge in [0.2, 0.25) is 5.89 Å². The minimum Gasteiger partial charge on any atom is -0.445 e. The van der Waals surface area contributed by atoms with Crippen molar-refractivity contribution in [3.05, 3.63) is 54.2 Å². The molecule has 26 heavy (non-hydrogen) atoms. The lowest BCUT2D eigenvalue weighted by atomic mass is 10.00. The minimum absolute atomic E-state index is 0.0291. The maximum absolute atomic E-state index is 13.0. The molecular formula is C19H21N5O2. The monoisotopic (exact) mass is 351 g/mol. The molecule has 0 bridgehead atoms. The van der Waals surface area contributed by atoms with Crippen LogP contribution in [0.25, 0.3) is 11.5 Å². The van der Waals surface area contributed by atoms with E-state index in [2.05, 4.69) is 20.5 Å². The normalized spacial score (nSPS) is 17.3. The van der Waals surface area contributed by atoms with Crippen molar-refractivity contribution in [3.8, 4) is 11.5 Å². The van der Waals surface area contributed by atoms with Crippen LogP contribution in [0.15, 0.2) is 47.3 Å². The van der Waals surface area contributed by atoms with Gasteiger partial charge in [0.1, 0.15) is 6.26 Å². The van der Waals surface area contributed by atoms with E-state index in [0.717, 1.165) is 48.3 Å². The molecular weight excluding hydrogens is 330 g/mol. The maximum Gasteiger partial charge on any atom is 0.322 e. The fourth-order valence-corrected chi connectivity index (χ4v) is 3.50. The van der Waals surface area contributed by atoms with Crippen molar-refractivity contribution < 1.29 is 9.21 Å². The Morgan fingerprint density at radius 2 is 2.23 bits per heavy atom. The molecule has 7 nitrogen and oxygen atoms in total. The zero-order valence-corrected chi connectivity index (χ0v) is 14.6. The highest BCUT2D eigenvalue weighted by molar-refractivity contribution is 5.91. The lowest BCUT2D eigenvalue weighted by Crippen LogP contribution is -2.41. The fraction of sp³-hybridized carbons (Fsp3) is 0.316. The van der Waals surface area contributed by atoms with E-state index >= 15 is 0 Å². The summed E-state index contributed by atoms with van der Waals surface area (Å²) in [6, 6.07) is 7.59. The standard InChI is InChI=1S/C19H21N5O2/c1-13-14(18-20-10-12-26-18)5-4-6-15(13)22-19(25)24-11-3-2-7-17(24)16-8-9-21-23-16/h4-6,8-10,12,17H,2-3,7,11H2,1H3,(H,21,23)(H,22,25). The number of amides is 2. The highest BCUT2D eigenvalue weighted by Gasteiger charge is 2.29. The number of aromatic nitrogens is 3. The van der Waals surface area contributed by atoms with E-state index in [1.807, 2.05) is 36.1 Å². The molecule has 0 spiro atoms. The number of H-pyrrole nitrogens is 1. The Kier molecular flexibility index (Phi) is 4.43. The number of carbonyl (C=O) groups is 1. The Morgan fingerprint density at radius 3 is 3.00 bits per heavy atom. The third-order valence-corrected chi connectivity index (χ3v) is 4.88. The van der Waals surface area contributed by atoms with Gasteiger partial charge in [-0.25, -0.2) is 9.78 Å². The molecule has 1 aliphatic heterocycles. The van der Waals surface area contributed by atoms with E-state index in [4.69, 9.17) is 4.42 Å². The van der Waals surface area contributed by atoms with Crippen molar-refractivity contribution in [3.63, 3.8) is 0 Å². The Hall–Kier alpha value is -3.09. The summed E-state index contributed by atoms with van der Waals surface area (Å²) in [5, 5.41) is 10.1. The Morgan fingerprint density at radius 1 is 1.31 bits per heavy atom. The van der Waals surface area contributed by atoms with E-state index in [-0.39, 0.29) is 12.1 Å². The highest BCUT2D eigenvalue weighted by atomic mass is 16.3. The molecule has 0 saturated carbocycles. The Labute approximate surface area is 151 Å². The van der Waals surface area contributed by atoms with Crippen LogP contribution in [-0.2, 0) is 0 Å². The second-order valence-electron chi connectivity index (χ2n) is 6.46. The van der Waals surface area contributed by atoms with Gasteiger partial charge in [0, 0.05) is 24.0 Å². The number of nitrogens with one attached hydrogen (secondary N) is 2. The van der Waals surface area contributed by atoms with Gasteiger partial charge in [-0.1, -0.05) is 6.07 Å². The van der Waals surface area contributed by atoms with Crippen LogP contribution in [0, 0.1) is 6.92 Å². The number of anilines is 1. The molecule has 2 aromatic heterocycles. The summed E-state index contributed by atoms with van der Waals surface area (Å²) < 4.78 is 5.40. The minimum atomic E-state index is -0.100. The third kappa shape index (κ3) is 3.08. The summed E-state index contributed by atoms with van der Waals surface area (Å²) in [6.07, 6.45) is 7.93. The van der Waals surface area contributed by atoms with Crippen molar-refractivity contribution in [1.82, 2.24) is 20.1 Å². The lowest BCUT2D eigenvalue weighted by molar-refractivity contribution is 0.161. The van der Waals surface area contributed by atoms with E-state index in [1.54, 1.807) is 18.7 Å². The topological polar surface area (TPSA) is 87.0 Å². The summed E-state index contributed by atoms with van der Waals surface area (Å²) in [5.41, 5.74) is 3.54. The fourth-order valence-electron chi connectivity index (χ4n) is 3.50. The van der Waals surface area contributed by atoms with Crippen molar-refractivity contribution in [2.45, 2.75) is 32.2 Å². The smallest absolute Gasteiger partial charge is 0.322 e. The first kappa shape index (κ1) is 16.4. The zero-order chi connectivity index (χ0) is 17.9. The summed E-state index contributed by atoms with van der Waals surface area (Å²) in [4.78, 5) is 19.1. The van der Waals surface area contributed by atoms with E-state index in [1.165, 1.54) is 0 Å². The number of carbonyl (C=O) groups excluding carboxylic acids is 1. The van der Waals surface area contributed by atoms with Crippen molar-refractivity contribution in [2.75, 3.05) is 11.9 Å². The summed E-state index contributed by atoms with van der Waals surface area (Å²) in [5.74, 6) is 0.548. The van der Waals surface area contributed by atoms with Gasteiger partial charge in [-0.15, -0.1) is 0 Å². The molecule has 0 aliphatic carbocycles. The molecule has 3 heterocycles. The van der Waals surface area contributed by atoms with Gasteiger partial charge in [0.05, 0.1) is 17.9 Å². The number of piperidine rings is 1. The number of aromatic amines is 1. The van der Waals surface area contributed by atoms with Gasteiger partial charge in [0.25, 0.3) is 0 Å². The molecule has 0 radical (unpaired) electrons.